The Kier molecular flexibility index (Phi) is 8.51. The summed E-state index contributed by atoms with van der Waals surface area (Å²) in [6.07, 6.45) is -12.6. The molecule has 15 heteroatoms. The lowest BCUT2D eigenvalue weighted by Crippen LogP contribution is -2.79. The summed E-state index contributed by atoms with van der Waals surface area (Å²) in [7, 11) is 0. The molecule has 1 aliphatic heterocycles. The molecule has 0 spiro atoms. The predicted molar refractivity (Wildman–Crippen MR) is 92.3 cm³/mol. The first-order valence-electron chi connectivity index (χ1n) is 9.13. The van der Waals surface area contributed by atoms with E-state index in [9.17, 15) is 35.9 Å². The summed E-state index contributed by atoms with van der Waals surface area (Å²) < 4.78 is 96.1. The Morgan fingerprint density at radius 1 is 1.15 bits per heavy atom. The van der Waals surface area contributed by atoms with Crippen molar-refractivity contribution in [1.82, 2.24) is 0 Å². The molecule has 1 aliphatic rings. The maximum atomic E-state index is 13.5. The smallest absolute Gasteiger partial charge is 0.475 e. The Morgan fingerprint density at radius 3 is 2.42 bits per heavy atom. The van der Waals surface area contributed by atoms with E-state index >= 15 is 0 Å². The van der Waals surface area contributed by atoms with Gasteiger partial charge < -0.3 is 18.9 Å². The van der Waals surface area contributed by atoms with Gasteiger partial charge in [-0.25, -0.2) is 4.79 Å². The summed E-state index contributed by atoms with van der Waals surface area (Å²) in [5.41, 5.74) is -1.03. The number of hydrogen-bond donors (Lipinski definition) is 2. The number of ether oxygens (including phenoxy) is 4. The van der Waals surface area contributed by atoms with Crippen LogP contribution in [-0.2, 0) is 30.3 Å². The molecule has 9 nitrogen and oxygen atoms in total. The normalized spacial score (nSPS) is 15.8. The molecule has 1 heterocycles. The van der Waals surface area contributed by atoms with Crippen LogP contribution in [0.5, 0.6) is 11.5 Å². The second-order valence-corrected chi connectivity index (χ2v) is 6.33. The van der Waals surface area contributed by atoms with E-state index in [2.05, 4.69) is 19.0 Å². The first-order chi connectivity index (χ1) is 15.4. The Labute approximate surface area is 181 Å². The summed E-state index contributed by atoms with van der Waals surface area (Å²) in [5.74, 6) is -3.60. The van der Waals surface area contributed by atoms with Crippen molar-refractivity contribution in [1.29, 1.82) is 0 Å². The lowest BCUT2D eigenvalue weighted by Gasteiger charge is -2.29. The minimum Gasteiger partial charge on any atom is -0.475 e. The van der Waals surface area contributed by atoms with Gasteiger partial charge in [-0.15, -0.1) is 13.2 Å². The van der Waals surface area contributed by atoms with Crippen molar-refractivity contribution in [2.24, 2.45) is 0 Å². The molecular formula is C18H18F6NO8+. The molecule has 0 saturated carbocycles. The maximum Gasteiger partial charge on any atom is 0.573 e. The van der Waals surface area contributed by atoms with Crippen molar-refractivity contribution in [3.63, 3.8) is 0 Å². The van der Waals surface area contributed by atoms with Gasteiger partial charge in [0.15, 0.2) is 0 Å². The Morgan fingerprint density at radius 2 is 1.85 bits per heavy atom. The molecular weight excluding hydrogens is 472 g/mol. The monoisotopic (exact) mass is 490 g/mol. The van der Waals surface area contributed by atoms with Crippen molar-refractivity contribution in [2.75, 3.05) is 13.4 Å². The molecule has 0 fully saturated rings. The van der Waals surface area contributed by atoms with Gasteiger partial charge in [0, 0.05) is 5.56 Å². The molecule has 3 N–H and O–H groups in total. The summed E-state index contributed by atoms with van der Waals surface area (Å²) in [6.45, 7) is 0.161. The number of carbonyl (C=O) groups excluding carboxylic acids is 2. The van der Waals surface area contributed by atoms with Crippen LogP contribution in [-0.4, -0.2) is 49.2 Å². The highest BCUT2D eigenvalue weighted by Crippen LogP contribution is 2.42. The molecule has 0 bridgehead atoms. The van der Waals surface area contributed by atoms with E-state index in [4.69, 9.17) is 9.94 Å². The van der Waals surface area contributed by atoms with Crippen LogP contribution in [0.1, 0.15) is 24.5 Å². The molecule has 2 rings (SSSR count). The summed E-state index contributed by atoms with van der Waals surface area (Å²) in [6, 6.07) is 1.65. The van der Waals surface area contributed by atoms with E-state index in [0.29, 0.717) is 11.7 Å². The quantitative estimate of drug-likeness (QED) is 0.178. The van der Waals surface area contributed by atoms with E-state index in [-0.39, 0.29) is 36.3 Å². The van der Waals surface area contributed by atoms with E-state index in [1.54, 1.807) is 0 Å². The van der Waals surface area contributed by atoms with Gasteiger partial charge in [0.1, 0.15) is 18.1 Å². The number of carbonyl (C=O) groups is 2. The van der Waals surface area contributed by atoms with Gasteiger partial charge >= 0.3 is 24.5 Å². The number of benzene rings is 1. The summed E-state index contributed by atoms with van der Waals surface area (Å²) >= 11 is 0. The number of aryl methyl sites for hydroxylation is 1. The van der Waals surface area contributed by atoms with Crippen LogP contribution in [0.4, 0.5) is 26.3 Å². The van der Waals surface area contributed by atoms with Crippen LogP contribution >= 0.6 is 0 Å². The standard InChI is InChI=1S/C18H18F6NO8/c1-2-9-5-11(33-18(22,23)24)6-10-7-12(15(17(19,20)21)32-14(9)10)16(27)30-8-29-13(26)3-4-31-25-28/h5-7,15,28H,2-4,8,25H2,1H3/q+1. The fourth-order valence-electron chi connectivity index (χ4n) is 2.72. The average Bonchev–Trinajstić information content (AvgIpc) is 2.70. The van der Waals surface area contributed by atoms with Crippen LogP contribution in [0.15, 0.2) is 17.7 Å². The fourth-order valence-corrected chi connectivity index (χ4v) is 2.72. The number of fused-ring (bicyclic) bond motifs is 1. The number of esters is 2. The number of alkyl halides is 6. The SMILES string of the molecule is CCc1cc(OC(F)(F)F)cc2c1OC(C(F)(F)F)C(C(=O)OCOC(=O)CCO[NH2+]O)=C2. The fraction of sp³-hybridized carbons (Fsp3) is 0.444. The third-order valence-corrected chi connectivity index (χ3v) is 4.05. The third-order valence-electron chi connectivity index (χ3n) is 4.05. The van der Waals surface area contributed by atoms with Crippen molar-refractivity contribution < 1.29 is 70.6 Å². The second-order valence-electron chi connectivity index (χ2n) is 6.33. The van der Waals surface area contributed by atoms with Crippen molar-refractivity contribution in [3.8, 4) is 11.5 Å². The summed E-state index contributed by atoms with van der Waals surface area (Å²) in [5, 5.41) is 8.30. The van der Waals surface area contributed by atoms with Crippen LogP contribution in [0.2, 0.25) is 0 Å². The molecule has 0 radical (unpaired) electrons. The Bertz CT molecular complexity index is 899. The van der Waals surface area contributed by atoms with Gasteiger partial charge in [-0.05, 0) is 30.2 Å². The highest BCUT2D eigenvalue weighted by Gasteiger charge is 2.49. The molecule has 1 aromatic carbocycles. The lowest BCUT2D eigenvalue weighted by atomic mass is 9.97. The summed E-state index contributed by atoms with van der Waals surface area (Å²) in [4.78, 5) is 28.0. The van der Waals surface area contributed by atoms with Gasteiger partial charge in [0.05, 0.1) is 12.0 Å². The average molecular weight is 490 g/mol. The molecule has 0 aliphatic carbocycles. The largest absolute Gasteiger partial charge is 0.573 e. The minimum absolute atomic E-state index is 0.00327. The van der Waals surface area contributed by atoms with Crippen molar-refractivity contribution in [2.45, 2.75) is 38.4 Å². The molecule has 33 heavy (non-hydrogen) atoms. The first kappa shape index (κ1) is 26.2. The van der Waals surface area contributed by atoms with Crippen LogP contribution < -0.4 is 15.1 Å². The zero-order valence-corrected chi connectivity index (χ0v) is 16.8. The third kappa shape index (κ3) is 7.50. The van der Waals surface area contributed by atoms with Crippen molar-refractivity contribution >= 4 is 18.0 Å². The predicted octanol–water partition coefficient (Wildman–Crippen LogP) is 2.17. The molecule has 0 amide bonds. The molecule has 184 valence electrons. The van der Waals surface area contributed by atoms with Gasteiger partial charge in [-0.2, -0.15) is 23.2 Å². The van der Waals surface area contributed by atoms with Crippen LogP contribution in [0.25, 0.3) is 6.08 Å². The Balaban J connectivity index is 2.27. The number of hydrogen-bond acceptors (Lipinski definition) is 8. The van der Waals surface area contributed by atoms with Crippen molar-refractivity contribution in [3.05, 3.63) is 28.8 Å². The second kappa shape index (κ2) is 10.7. The zero-order valence-electron chi connectivity index (χ0n) is 16.8. The zero-order chi connectivity index (χ0) is 24.8. The molecule has 1 unspecified atom stereocenters. The molecule has 0 saturated heterocycles. The number of quaternary nitrogens is 1. The number of rotatable bonds is 9. The van der Waals surface area contributed by atoms with E-state index < -0.39 is 48.7 Å². The molecule has 0 aromatic heterocycles. The molecule has 1 aromatic rings. The maximum absolute atomic E-state index is 13.5. The van der Waals surface area contributed by atoms with Gasteiger partial charge in [0.2, 0.25) is 12.9 Å². The first-order valence-corrected chi connectivity index (χ1v) is 9.13. The topological polar surface area (TPSA) is 117 Å². The highest BCUT2D eigenvalue weighted by molar-refractivity contribution is 5.96. The van der Waals surface area contributed by atoms with E-state index in [1.165, 1.54) is 6.92 Å². The van der Waals surface area contributed by atoms with Gasteiger partial charge in [-0.1, -0.05) is 12.6 Å². The van der Waals surface area contributed by atoms with E-state index in [1.807, 2.05) is 0 Å². The number of halogens is 6. The van der Waals surface area contributed by atoms with E-state index in [0.717, 1.165) is 12.1 Å². The lowest BCUT2D eigenvalue weighted by molar-refractivity contribution is -1.06. The van der Waals surface area contributed by atoms with Gasteiger partial charge in [-0.3, -0.25) is 4.79 Å². The van der Waals surface area contributed by atoms with Crippen LogP contribution in [0.3, 0.4) is 0 Å². The highest BCUT2D eigenvalue weighted by atomic mass is 19.4. The minimum atomic E-state index is -5.08. The Hall–Kier alpha value is -3.04. The van der Waals surface area contributed by atoms with Gasteiger partial charge in [0.25, 0.3) is 0 Å². The molecule has 1 atom stereocenters. The number of nitrogens with two attached hydrogens (primary N) is 1. The van der Waals surface area contributed by atoms with Crippen LogP contribution in [0, 0.1) is 0 Å².